The van der Waals surface area contributed by atoms with Gasteiger partial charge in [0.15, 0.2) is 16.6 Å². The molecule has 0 aromatic carbocycles. The highest BCUT2D eigenvalue weighted by atomic mass is 32.1. The third kappa shape index (κ3) is 11.3. The number of carbonyl (C=O) groups excluding carboxylic acids is 1. The van der Waals surface area contributed by atoms with E-state index in [0.717, 1.165) is 41.3 Å². The van der Waals surface area contributed by atoms with Gasteiger partial charge in [-0.25, -0.2) is 9.78 Å². The summed E-state index contributed by atoms with van der Waals surface area (Å²) in [5.41, 5.74) is 2.82. The van der Waals surface area contributed by atoms with Crippen LogP contribution in [0.2, 0.25) is 36.3 Å². The molecule has 0 aliphatic rings. The minimum Gasteiger partial charge on any atom is -0.466 e. The summed E-state index contributed by atoms with van der Waals surface area (Å²) in [6.45, 7) is 32.0. The number of carbonyl (C=O) groups is 1. The molecule has 0 fully saturated rings. The smallest absolute Gasteiger partial charge is 0.333 e. The van der Waals surface area contributed by atoms with Crippen LogP contribution in [0.4, 0.5) is 0 Å². The van der Waals surface area contributed by atoms with Crippen LogP contribution in [0.25, 0.3) is 6.08 Å². The molecule has 5 nitrogen and oxygen atoms in total. The van der Waals surface area contributed by atoms with Crippen molar-refractivity contribution in [3.05, 3.63) is 33.3 Å². The highest BCUT2D eigenvalue weighted by molar-refractivity contribution is 7.09. The number of thiazole rings is 1. The second-order valence-electron chi connectivity index (χ2n) is 14.6. The van der Waals surface area contributed by atoms with E-state index >= 15 is 0 Å². The summed E-state index contributed by atoms with van der Waals surface area (Å²) in [5.74, 6) is 0.263. The van der Waals surface area contributed by atoms with E-state index in [1.165, 1.54) is 7.11 Å². The molecule has 0 saturated heterocycles. The lowest BCUT2D eigenvalue weighted by Gasteiger charge is -2.39. The number of aromatic nitrogens is 1. The lowest BCUT2D eigenvalue weighted by molar-refractivity contribution is -0.136. The molecule has 0 amide bonds. The molecular weight excluding hydrogens is 551 g/mol. The number of hydrogen-bond acceptors (Lipinski definition) is 6. The van der Waals surface area contributed by atoms with Crippen molar-refractivity contribution in [1.29, 1.82) is 0 Å². The van der Waals surface area contributed by atoms with Gasteiger partial charge in [-0.15, -0.1) is 11.3 Å². The molecule has 1 rings (SSSR count). The topological polar surface area (TPSA) is 57.7 Å². The second-order valence-corrected chi connectivity index (χ2v) is 25.2. The van der Waals surface area contributed by atoms with E-state index < -0.39 is 16.6 Å². The summed E-state index contributed by atoms with van der Waals surface area (Å²) in [6.07, 6.45) is 6.58. The average Bonchev–Trinajstić information content (AvgIpc) is 3.23. The van der Waals surface area contributed by atoms with Crippen LogP contribution in [-0.4, -0.2) is 47.4 Å². The number of hydrogen-bond donors (Lipinski definition) is 0. The molecule has 1 heterocycles. The van der Waals surface area contributed by atoms with Gasteiger partial charge < -0.3 is 13.6 Å². The van der Waals surface area contributed by atoms with E-state index in [0.29, 0.717) is 12.3 Å². The summed E-state index contributed by atoms with van der Waals surface area (Å²) >= 11 is 1.65. The lowest BCUT2D eigenvalue weighted by Crippen LogP contribution is -2.44. The van der Waals surface area contributed by atoms with Crippen molar-refractivity contribution in [2.24, 2.45) is 11.8 Å². The molecule has 0 bridgehead atoms. The molecule has 0 aliphatic carbocycles. The monoisotopic (exact) mass is 609 g/mol. The van der Waals surface area contributed by atoms with Gasteiger partial charge in [0.05, 0.1) is 23.9 Å². The van der Waals surface area contributed by atoms with Gasteiger partial charge >= 0.3 is 5.97 Å². The maximum atomic E-state index is 12.9. The van der Waals surface area contributed by atoms with E-state index in [-0.39, 0.29) is 28.1 Å². The Balaban J connectivity index is 3.12. The Labute approximate surface area is 252 Å². The maximum absolute atomic E-state index is 12.9. The van der Waals surface area contributed by atoms with Gasteiger partial charge in [-0.1, -0.05) is 61.5 Å². The van der Waals surface area contributed by atoms with Crippen molar-refractivity contribution in [2.75, 3.05) is 13.7 Å². The summed E-state index contributed by atoms with van der Waals surface area (Å²) < 4.78 is 18.6. The van der Waals surface area contributed by atoms with Crippen LogP contribution in [0.15, 0.2) is 22.6 Å². The van der Waals surface area contributed by atoms with E-state index in [1.54, 1.807) is 11.3 Å². The number of ether oxygens (including phenoxy) is 1. The SMILES string of the molecule is COC(=O)C(=CC[C@H](O[Si](C)(C)C(C)(C)C)/C(C)=C/c1csc(C)n1)C(C)CC[C@H](C)CO[Si](C)(C)C(C)(C)C. The fraction of sp³-hybridized carbons (Fsp3) is 0.750. The Morgan fingerprint density at radius 1 is 1.02 bits per heavy atom. The minimum atomic E-state index is -2.06. The zero-order valence-corrected chi connectivity index (χ0v) is 31.1. The third-order valence-electron chi connectivity index (χ3n) is 8.89. The van der Waals surface area contributed by atoms with Crippen LogP contribution in [0.1, 0.15) is 92.3 Å². The fourth-order valence-corrected chi connectivity index (χ4v) is 6.86. The van der Waals surface area contributed by atoms with Crippen LogP contribution >= 0.6 is 11.3 Å². The molecule has 1 unspecified atom stereocenters. The number of esters is 1. The lowest BCUT2D eigenvalue weighted by atomic mass is 9.91. The number of rotatable bonds is 14. The predicted molar refractivity (Wildman–Crippen MR) is 178 cm³/mol. The van der Waals surface area contributed by atoms with Crippen molar-refractivity contribution < 1.29 is 18.4 Å². The molecule has 40 heavy (non-hydrogen) atoms. The molecule has 8 heteroatoms. The second kappa shape index (κ2) is 14.9. The molecule has 0 saturated carbocycles. The van der Waals surface area contributed by atoms with E-state index in [9.17, 15) is 4.79 Å². The minimum absolute atomic E-state index is 0.0769. The van der Waals surface area contributed by atoms with Gasteiger partial charge in [0.25, 0.3) is 0 Å². The zero-order chi connectivity index (χ0) is 31.1. The number of aryl methyl sites for hydroxylation is 1. The molecule has 1 aromatic rings. The van der Waals surface area contributed by atoms with Crippen molar-refractivity contribution in [3.8, 4) is 0 Å². The van der Waals surface area contributed by atoms with Crippen molar-refractivity contribution in [2.45, 2.75) is 131 Å². The first-order valence-corrected chi connectivity index (χ1v) is 21.5. The standard InChI is InChI=1S/C32H59NO4SSi2/c1-23(21-36-39(12,13)31(5,6)7)16-17-24(2)28(30(34)35-11)18-19-29(37-40(14,15)32(8,9)10)25(3)20-27-22-38-26(4)33-27/h18,20,22-24,29H,16-17,19,21H2,1-15H3/b25-20+,28-18?/t23-,24?,29-/m0/s1. The third-order valence-corrected chi connectivity index (χ3v) is 18.7. The normalized spacial score (nSPS) is 16.6. The molecule has 230 valence electrons. The molecule has 3 atom stereocenters. The van der Waals surface area contributed by atoms with Crippen molar-refractivity contribution in [3.63, 3.8) is 0 Å². The van der Waals surface area contributed by atoms with Gasteiger partial charge in [0, 0.05) is 17.6 Å². The first-order chi connectivity index (χ1) is 18.1. The predicted octanol–water partition coefficient (Wildman–Crippen LogP) is 9.81. The van der Waals surface area contributed by atoms with Gasteiger partial charge in [-0.05, 0) is 92.9 Å². The fourth-order valence-electron chi connectivity index (χ4n) is 3.81. The summed E-state index contributed by atoms with van der Waals surface area (Å²) in [5, 5.41) is 3.41. The van der Waals surface area contributed by atoms with Crippen molar-refractivity contribution in [1.82, 2.24) is 4.98 Å². The number of methoxy groups -OCH3 is 1. The van der Waals surface area contributed by atoms with Gasteiger partial charge in [0.2, 0.25) is 0 Å². The summed E-state index contributed by atoms with van der Waals surface area (Å²) in [6, 6.07) is 0. The Bertz CT molecular complexity index is 1010. The van der Waals surface area contributed by atoms with E-state index in [4.69, 9.17) is 13.6 Å². The average molecular weight is 610 g/mol. The largest absolute Gasteiger partial charge is 0.466 e. The van der Waals surface area contributed by atoms with Gasteiger partial charge in [-0.3, -0.25) is 0 Å². The first-order valence-electron chi connectivity index (χ1n) is 14.8. The zero-order valence-electron chi connectivity index (χ0n) is 28.3. The summed E-state index contributed by atoms with van der Waals surface area (Å²) in [7, 11) is -2.36. The molecule has 1 aromatic heterocycles. The van der Waals surface area contributed by atoms with Crippen LogP contribution < -0.4 is 0 Å². The Kier molecular flexibility index (Phi) is 13.8. The van der Waals surface area contributed by atoms with Crippen LogP contribution in [0.5, 0.6) is 0 Å². The highest BCUT2D eigenvalue weighted by Gasteiger charge is 2.39. The molecular formula is C32H59NO4SSi2. The maximum Gasteiger partial charge on any atom is 0.333 e. The van der Waals surface area contributed by atoms with Gasteiger partial charge in [0.1, 0.15) is 0 Å². The Morgan fingerprint density at radius 2 is 1.60 bits per heavy atom. The van der Waals surface area contributed by atoms with Crippen LogP contribution in [0.3, 0.4) is 0 Å². The van der Waals surface area contributed by atoms with E-state index in [1.807, 2.05) is 6.92 Å². The van der Waals surface area contributed by atoms with Crippen LogP contribution in [0, 0.1) is 18.8 Å². The molecule has 0 radical (unpaired) electrons. The molecule has 0 aliphatic heterocycles. The molecule has 0 N–H and O–H groups in total. The quantitative estimate of drug-likeness (QED) is 0.119. The Morgan fingerprint density at radius 3 is 2.08 bits per heavy atom. The number of nitrogens with zero attached hydrogens (tertiary/aromatic N) is 1. The molecule has 0 spiro atoms. The van der Waals surface area contributed by atoms with Crippen molar-refractivity contribution >= 4 is 40.0 Å². The van der Waals surface area contributed by atoms with E-state index in [2.05, 4.69) is 111 Å². The Hall–Kier alpha value is -1.07. The van der Waals surface area contributed by atoms with Gasteiger partial charge in [-0.2, -0.15) is 0 Å². The highest BCUT2D eigenvalue weighted by Crippen LogP contribution is 2.39. The first kappa shape index (κ1) is 37.0. The summed E-state index contributed by atoms with van der Waals surface area (Å²) in [4.78, 5) is 17.5. The van der Waals surface area contributed by atoms with Crippen LogP contribution in [-0.2, 0) is 18.4 Å².